The van der Waals surface area contributed by atoms with Crippen molar-refractivity contribution in [2.45, 2.75) is 13.5 Å². The Hall–Kier alpha value is -4.45. The van der Waals surface area contributed by atoms with Crippen LogP contribution in [0.1, 0.15) is 42.3 Å². The van der Waals surface area contributed by atoms with Crippen LogP contribution in [-0.2, 0) is 6.54 Å². The van der Waals surface area contributed by atoms with Gasteiger partial charge < -0.3 is 10.2 Å². The predicted octanol–water partition coefficient (Wildman–Crippen LogP) is 4.90. The van der Waals surface area contributed by atoms with Crippen molar-refractivity contribution >= 4 is 29.1 Å². The number of fused-ring (bicyclic) bond motifs is 2. The van der Waals surface area contributed by atoms with Gasteiger partial charge in [0, 0.05) is 28.7 Å². The van der Waals surface area contributed by atoms with Gasteiger partial charge in [0.1, 0.15) is 0 Å². The number of nitrogens with one attached hydrogen (secondary N) is 1. The third-order valence-corrected chi connectivity index (χ3v) is 5.82. The van der Waals surface area contributed by atoms with Gasteiger partial charge in [-0.15, -0.1) is 0 Å². The number of carbonyl (C=O) groups is 3. The average Bonchev–Trinajstić information content (AvgIpc) is 3.26. The average molecular weight is 435 g/mol. The van der Waals surface area contributed by atoms with Crippen LogP contribution in [0.3, 0.4) is 0 Å². The fourth-order valence-corrected chi connectivity index (χ4v) is 4.07. The third kappa shape index (κ3) is 3.72. The Labute approximate surface area is 191 Å². The van der Waals surface area contributed by atoms with Crippen LogP contribution in [0.15, 0.2) is 91.1 Å². The smallest absolute Gasteiger partial charge is 0.264 e. The molecule has 2 heterocycles. The van der Waals surface area contributed by atoms with Crippen LogP contribution in [0.25, 0.3) is 0 Å². The standard InChI is InChI=1S/C27H21N3O3/c1-18-7-2-3-9-22(18)25(31)28-20-14-12-19(13-15-20)26(32)30-17-21-8-6-16-29(21)27(33)23-10-4-5-11-24(23)30/h2-16H,17H2,1H3,(H,28,31). The van der Waals surface area contributed by atoms with Crippen LogP contribution in [0.2, 0.25) is 0 Å². The zero-order chi connectivity index (χ0) is 22.9. The Morgan fingerprint density at radius 2 is 1.58 bits per heavy atom. The molecule has 2 amide bonds. The van der Waals surface area contributed by atoms with Crippen LogP contribution in [-0.4, -0.2) is 22.3 Å². The van der Waals surface area contributed by atoms with Crippen LogP contribution in [0.4, 0.5) is 11.4 Å². The van der Waals surface area contributed by atoms with Crippen molar-refractivity contribution in [2.24, 2.45) is 0 Å². The molecule has 0 saturated carbocycles. The van der Waals surface area contributed by atoms with E-state index in [-0.39, 0.29) is 24.3 Å². The molecule has 0 unspecified atom stereocenters. The number of anilines is 2. The summed E-state index contributed by atoms with van der Waals surface area (Å²) in [5.74, 6) is -0.579. The van der Waals surface area contributed by atoms with Crippen molar-refractivity contribution in [3.8, 4) is 0 Å². The molecule has 4 aromatic rings. The van der Waals surface area contributed by atoms with Gasteiger partial charge in [-0.05, 0) is 67.1 Å². The second-order valence-electron chi connectivity index (χ2n) is 7.93. The lowest BCUT2D eigenvalue weighted by Crippen LogP contribution is -2.30. The molecule has 5 rings (SSSR count). The Morgan fingerprint density at radius 3 is 2.36 bits per heavy atom. The molecule has 1 aromatic heterocycles. The van der Waals surface area contributed by atoms with Crippen molar-refractivity contribution in [1.82, 2.24) is 4.57 Å². The van der Waals surface area contributed by atoms with Gasteiger partial charge in [-0.1, -0.05) is 30.3 Å². The molecule has 1 aliphatic heterocycles. The van der Waals surface area contributed by atoms with Gasteiger partial charge in [0.25, 0.3) is 17.7 Å². The van der Waals surface area contributed by atoms with E-state index in [4.69, 9.17) is 0 Å². The van der Waals surface area contributed by atoms with Crippen LogP contribution in [0, 0.1) is 6.92 Å². The molecule has 6 nitrogen and oxygen atoms in total. The van der Waals surface area contributed by atoms with E-state index >= 15 is 0 Å². The van der Waals surface area contributed by atoms with Gasteiger partial charge in [-0.25, -0.2) is 0 Å². The van der Waals surface area contributed by atoms with E-state index in [0.717, 1.165) is 11.3 Å². The van der Waals surface area contributed by atoms with Gasteiger partial charge in [-0.3, -0.25) is 19.0 Å². The van der Waals surface area contributed by atoms with Crippen LogP contribution < -0.4 is 10.2 Å². The number of carbonyl (C=O) groups excluding carboxylic acids is 3. The number of aromatic nitrogens is 1. The van der Waals surface area contributed by atoms with E-state index in [0.29, 0.717) is 28.1 Å². The molecule has 0 saturated heterocycles. The molecule has 0 bridgehead atoms. The first kappa shape index (κ1) is 20.5. The largest absolute Gasteiger partial charge is 0.322 e. The maximum atomic E-state index is 13.5. The van der Waals surface area contributed by atoms with Crippen molar-refractivity contribution in [1.29, 1.82) is 0 Å². The highest BCUT2D eigenvalue weighted by molar-refractivity contribution is 6.12. The summed E-state index contributed by atoms with van der Waals surface area (Å²) in [4.78, 5) is 40.6. The molecule has 0 aliphatic carbocycles. The highest BCUT2D eigenvalue weighted by Gasteiger charge is 2.28. The lowest BCUT2D eigenvalue weighted by Gasteiger charge is -2.22. The summed E-state index contributed by atoms with van der Waals surface area (Å²) in [6.07, 6.45) is 1.72. The summed E-state index contributed by atoms with van der Waals surface area (Å²) in [7, 11) is 0. The number of nitrogens with zero attached hydrogens (tertiary/aromatic N) is 2. The van der Waals surface area contributed by atoms with Gasteiger partial charge >= 0.3 is 0 Å². The summed E-state index contributed by atoms with van der Waals surface area (Å²) >= 11 is 0. The lowest BCUT2D eigenvalue weighted by atomic mass is 10.1. The molecular weight excluding hydrogens is 414 g/mol. The van der Waals surface area contributed by atoms with E-state index in [9.17, 15) is 14.4 Å². The number of rotatable bonds is 3. The fraction of sp³-hybridized carbons (Fsp3) is 0.0741. The summed E-state index contributed by atoms with van der Waals surface area (Å²) in [6, 6.07) is 24.9. The monoisotopic (exact) mass is 435 g/mol. The summed E-state index contributed by atoms with van der Waals surface area (Å²) in [5, 5.41) is 2.87. The minimum Gasteiger partial charge on any atom is -0.322 e. The van der Waals surface area contributed by atoms with E-state index in [1.165, 1.54) is 0 Å². The lowest BCUT2D eigenvalue weighted by molar-refractivity contribution is 0.0957. The second kappa shape index (κ2) is 8.24. The van der Waals surface area contributed by atoms with E-state index < -0.39 is 0 Å². The first-order valence-electron chi connectivity index (χ1n) is 10.6. The summed E-state index contributed by atoms with van der Waals surface area (Å²) in [5.41, 5.74) is 4.35. The maximum Gasteiger partial charge on any atom is 0.264 e. The molecule has 0 atom stereocenters. The van der Waals surface area contributed by atoms with Crippen molar-refractivity contribution in [3.05, 3.63) is 119 Å². The molecule has 3 aromatic carbocycles. The minimum absolute atomic E-state index is 0.157. The zero-order valence-electron chi connectivity index (χ0n) is 18.0. The topological polar surface area (TPSA) is 71.4 Å². The van der Waals surface area contributed by atoms with E-state index in [2.05, 4.69) is 5.32 Å². The maximum absolute atomic E-state index is 13.5. The van der Waals surface area contributed by atoms with Crippen molar-refractivity contribution in [2.75, 3.05) is 10.2 Å². The number of aryl methyl sites for hydroxylation is 1. The van der Waals surface area contributed by atoms with Crippen molar-refractivity contribution in [3.63, 3.8) is 0 Å². The number of hydrogen-bond donors (Lipinski definition) is 1. The molecule has 0 fully saturated rings. The van der Waals surface area contributed by atoms with Gasteiger partial charge in [-0.2, -0.15) is 0 Å². The Morgan fingerprint density at radius 1 is 0.848 bits per heavy atom. The Balaban J connectivity index is 1.42. The first-order valence-corrected chi connectivity index (χ1v) is 10.6. The van der Waals surface area contributed by atoms with Crippen LogP contribution >= 0.6 is 0 Å². The normalized spacial score (nSPS) is 12.5. The fourth-order valence-electron chi connectivity index (χ4n) is 4.07. The highest BCUT2D eigenvalue weighted by Crippen LogP contribution is 2.29. The van der Waals surface area contributed by atoms with Gasteiger partial charge in [0.05, 0.1) is 17.8 Å². The quantitative estimate of drug-likeness (QED) is 0.498. The highest BCUT2D eigenvalue weighted by atomic mass is 16.2. The predicted molar refractivity (Wildman–Crippen MR) is 127 cm³/mol. The van der Waals surface area contributed by atoms with E-state index in [1.807, 2.05) is 37.3 Å². The van der Waals surface area contributed by atoms with Crippen molar-refractivity contribution < 1.29 is 14.4 Å². The minimum atomic E-state index is -0.221. The molecule has 162 valence electrons. The van der Waals surface area contributed by atoms with Gasteiger partial charge in [0.15, 0.2) is 0 Å². The first-order chi connectivity index (χ1) is 16.0. The number of hydrogen-bond acceptors (Lipinski definition) is 3. The SMILES string of the molecule is Cc1ccccc1C(=O)Nc1ccc(C(=O)N2Cc3cccn3C(=O)c3ccccc32)cc1. The molecule has 1 aliphatic rings. The molecule has 1 N–H and O–H groups in total. The van der Waals surface area contributed by atoms with Crippen LogP contribution in [0.5, 0.6) is 0 Å². The third-order valence-electron chi connectivity index (χ3n) is 5.82. The zero-order valence-corrected chi connectivity index (χ0v) is 18.0. The number of benzene rings is 3. The Kier molecular flexibility index (Phi) is 5.11. The Bertz CT molecular complexity index is 1390. The molecular formula is C27H21N3O3. The second-order valence-corrected chi connectivity index (χ2v) is 7.93. The molecule has 0 spiro atoms. The number of para-hydroxylation sites is 1. The summed E-state index contributed by atoms with van der Waals surface area (Å²) < 4.78 is 1.58. The molecule has 6 heteroatoms. The molecule has 33 heavy (non-hydrogen) atoms. The summed E-state index contributed by atoms with van der Waals surface area (Å²) in [6.45, 7) is 2.16. The molecule has 0 radical (unpaired) electrons. The van der Waals surface area contributed by atoms with Gasteiger partial charge in [0.2, 0.25) is 0 Å². The number of amides is 2. The van der Waals surface area contributed by atoms with E-state index in [1.54, 1.807) is 70.3 Å².